The Labute approximate surface area is 259 Å². The summed E-state index contributed by atoms with van der Waals surface area (Å²) in [6, 6.07) is 29.2. The Balaban J connectivity index is 1.90. The van der Waals surface area contributed by atoms with E-state index in [0.29, 0.717) is 17.2 Å². The summed E-state index contributed by atoms with van der Waals surface area (Å²) in [7, 11) is -1.07. The van der Waals surface area contributed by atoms with Crippen LogP contribution in [-0.4, -0.2) is 11.3 Å². The van der Waals surface area contributed by atoms with E-state index in [1.165, 1.54) is 78.6 Å². The maximum atomic E-state index is 2.59. The van der Waals surface area contributed by atoms with Gasteiger partial charge in [-0.3, -0.25) is 0 Å². The first-order valence-electron chi connectivity index (χ1n) is 15.8. The van der Waals surface area contributed by atoms with Crippen LogP contribution in [0.4, 0.5) is 0 Å². The molecule has 222 valence electrons. The predicted molar refractivity (Wildman–Crippen MR) is 193 cm³/mol. The second-order valence-electron chi connectivity index (χ2n) is 13.1. The van der Waals surface area contributed by atoms with Crippen molar-refractivity contribution in [3.05, 3.63) is 117 Å². The van der Waals surface area contributed by atoms with E-state index in [1.54, 1.807) is 0 Å². The number of rotatable bonds is 10. The Morgan fingerprint density at radius 2 is 0.619 bits per heavy atom. The minimum absolute atomic E-state index is 0.537. The molecule has 0 amide bonds. The monoisotopic (exact) mass is 594 g/mol. The molecule has 0 fully saturated rings. The van der Waals surface area contributed by atoms with Gasteiger partial charge in [-0.2, -0.15) is 0 Å². The van der Waals surface area contributed by atoms with Gasteiger partial charge in [-0.05, 0) is 116 Å². The van der Waals surface area contributed by atoms with Gasteiger partial charge in [0, 0.05) is 0 Å². The van der Waals surface area contributed by atoms with E-state index in [9.17, 15) is 0 Å². The van der Waals surface area contributed by atoms with Gasteiger partial charge in [0.2, 0.25) is 0 Å². The van der Waals surface area contributed by atoms with Crippen molar-refractivity contribution in [2.45, 2.75) is 100 Å². The van der Waals surface area contributed by atoms with Crippen molar-refractivity contribution in [3.63, 3.8) is 0 Å². The zero-order valence-corrected chi connectivity index (χ0v) is 29.8. The Morgan fingerprint density at radius 3 is 0.810 bits per heavy atom. The fraction of sp³-hybridized carbons (Fsp3) is 0.400. The third kappa shape index (κ3) is 7.81. The lowest BCUT2D eigenvalue weighted by molar-refractivity contribution is 0.467. The third-order valence-electron chi connectivity index (χ3n) is 8.61. The first kappa shape index (κ1) is 32.6. The highest BCUT2D eigenvalue weighted by atomic mass is 31.1. The first-order chi connectivity index (χ1) is 19.9. The SMILES string of the molecule is CCCC(C(C)P(c1cc(C)cc(C)c1)c1cc(C)cc(C)c1)C(C)P(c1cc(C)cc(C)c1)c1cc(C)cc(C)c1. The van der Waals surface area contributed by atoms with Crippen LogP contribution in [-0.2, 0) is 0 Å². The summed E-state index contributed by atoms with van der Waals surface area (Å²) in [4.78, 5) is 0. The molecule has 0 aliphatic rings. The molecule has 42 heavy (non-hydrogen) atoms. The first-order valence-corrected chi connectivity index (χ1v) is 18.6. The van der Waals surface area contributed by atoms with Gasteiger partial charge in [-0.15, -0.1) is 0 Å². The maximum absolute atomic E-state index is 2.59. The summed E-state index contributed by atoms with van der Waals surface area (Å²) < 4.78 is 0. The Bertz CT molecular complexity index is 1230. The fourth-order valence-corrected chi connectivity index (χ4v) is 14.1. The number of hydrogen-bond acceptors (Lipinski definition) is 0. The van der Waals surface area contributed by atoms with Gasteiger partial charge < -0.3 is 0 Å². The molecule has 0 aliphatic carbocycles. The van der Waals surface area contributed by atoms with Crippen LogP contribution < -0.4 is 21.2 Å². The molecule has 0 heterocycles. The van der Waals surface area contributed by atoms with Crippen molar-refractivity contribution in [3.8, 4) is 0 Å². The van der Waals surface area contributed by atoms with Gasteiger partial charge in [-0.25, -0.2) is 0 Å². The van der Waals surface area contributed by atoms with E-state index >= 15 is 0 Å². The summed E-state index contributed by atoms with van der Waals surface area (Å²) in [5.74, 6) is 0.607. The summed E-state index contributed by atoms with van der Waals surface area (Å²) in [6.45, 7) is 25.7. The van der Waals surface area contributed by atoms with Crippen LogP contribution in [0.25, 0.3) is 0 Å². The highest BCUT2D eigenvalue weighted by Gasteiger charge is 2.36. The van der Waals surface area contributed by atoms with Crippen molar-refractivity contribution >= 4 is 37.1 Å². The molecule has 0 N–H and O–H groups in total. The van der Waals surface area contributed by atoms with Crippen LogP contribution in [0.5, 0.6) is 0 Å². The van der Waals surface area contributed by atoms with Crippen molar-refractivity contribution in [2.24, 2.45) is 5.92 Å². The van der Waals surface area contributed by atoms with Gasteiger partial charge in [0.1, 0.15) is 0 Å². The number of benzene rings is 4. The number of hydrogen-bond donors (Lipinski definition) is 0. The van der Waals surface area contributed by atoms with Crippen molar-refractivity contribution in [1.82, 2.24) is 0 Å². The summed E-state index contributed by atoms with van der Waals surface area (Å²) in [5, 5.41) is 6.15. The fourth-order valence-electron chi connectivity index (χ4n) is 7.20. The van der Waals surface area contributed by atoms with Gasteiger partial charge in [0.15, 0.2) is 0 Å². The second-order valence-corrected chi connectivity index (χ2v) is 18.2. The van der Waals surface area contributed by atoms with E-state index in [1.807, 2.05) is 0 Å². The molecule has 4 rings (SSSR count). The van der Waals surface area contributed by atoms with E-state index in [4.69, 9.17) is 0 Å². The summed E-state index contributed by atoms with van der Waals surface area (Å²) in [5.41, 5.74) is 12.1. The smallest absolute Gasteiger partial charge is 0.0123 e. The minimum Gasteiger partial charge on any atom is -0.0654 e. The minimum atomic E-state index is -0.537. The summed E-state index contributed by atoms with van der Waals surface area (Å²) in [6.07, 6.45) is 2.47. The van der Waals surface area contributed by atoms with E-state index in [0.717, 1.165) is 0 Å². The maximum Gasteiger partial charge on any atom is -0.0123 e. The van der Waals surface area contributed by atoms with Gasteiger partial charge >= 0.3 is 0 Å². The lowest BCUT2D eigenvalue weighted by Gasteiger charge is -2.40. The molecule has 0 saturated carbocycles. The van der Waals surface area contributed by atoms with Crippen molar-refractivity contribution in [1.29, 1.82) is 0 Å². The molecule has 0 spiro atoms. The Morgan fingerprint density at radius 1 is 0.405 bits per heavy atom. The van der Waals surface area contributed by atoms with Crippen LogP contribution in [0.15, 0.2) is 72.8 Å². The van der Waals surface area contributed by atoms with Crippen LogP contribution in [0.1, 0.15) is 78.1 Å². The highest BCUT2D eigenvalue weighted by molar-refractivity contribution is 7.74. The number of aryl methyl sites for hydroxylation is 8. The Hall–Kier alpha value is -2.26. The quantitative estimate of drug-likeness (QED) is 0.160. The van der Waals surface area contributed by atoms with Crippen LogP contribution in [0.3, 0.4) is 0 Å². The molecule has 2 atom stereocenters. The second kappa shape index (κ2) is 14.0. The zero-order valence-electron chi connectivity index (χ0n) is 28.0. The molecule has 4 aromatic rings. The average Bonchev–Trinajstić information content (AvgIpc) is 2.85. The lowest BCUT2D eigenvalue weighted by Crippen LogP contribution is -2.35. The molecule has 4 aromatic carbocycles. The molecular weight excluding hydrogens is 542 g/mol. The van der Waals surface area contributed by atoms with Gasteiger partial charge in [0.05, 0.1) is 0 Å². The third-order valence-corrected chi connectivity index (χ3v) is 14.3. The molecule has 0 aliphatic heterocycles. The molecule has 0 saturated heterocycles. The normalized spacial score (nSPS) is 13.9. The largest absolute Gasteiger partial charge is 0.0654 e. The molecule has 0 nitrogen and oxygen atoms in total. The molecule has 0 radical (unpaired) electrons. The molecule has 2 unspecified atom stereocenters. The molecular formula is C40H52P2. The van der Waals surface area contributed by atoms with Crippen LogP contribution >= 0.6 is 15.8 Å². The Kier molecular flexibility index (Phi) is 10.9. The topological polar surface area (TPSA) is 0 Å². The molecule has 0 bridgehead atoms. The van der Waals surface area contributed by atoms with Gasteiger partial charge in [0.25, 0.3) is 0 Å². The van der Waals surface area contributed by atoms with Crippen molar-refractivity contribution < 1.29 is 0 Å². The van der Waals surface area contributed by atoms with E-state index in [-0.39, 0.29) is 0 Å². The molecule has 0 aromatic heterocycles. The van der Waals surface area contributed by atoms with E-state index < -0.39 is 15.8 Å². The lowest BCUT2D eigenvalue weighted by atomic mass is 9.97. The summed E-state index contributed by atoms with van der Waals surface area (Å²) >= 11 is 0. The highest BCUT2D eigenvalue weighted by Crippen LogP contribution is 2.52. The van der Waals surface area contributed by atoms with E-state index in [2.05, 4.69) is 149 Å². The standard InChI is InChI=1S/C40H52P2/c1-12-13-40(34(10)41(36-18-26(2)14-27(3)19-36)37-20-28(4)15-29(5)21-37)35(11)42(38-22-30(6)16-31(7)23-38)39-24-32(8)17-33(9)25-39/h14-25,34-35,40H,12-13H2,1-11H3. The predicted octanol–water partition coefficient (Wildman–Crippen LogP) is 9.91. The van der Waals surface area contributed by atoms with Crippen molar-refractivity contribution in [2.75, 3.05) is 0 Å². The van der Waals surface area contributed by atoms with Gasteiger partial charge in [-0.1, -0.05) is 144 Å². The zero-order chi connectivity index (χ0) is 30.7. The average molecular weight is 595 g/mol. The van der Waals surface area contributed by atoms with Crippen LogP contribution in [0, 0.1) is 61.3 Å². The van der Waals surface area contributed by atoms with Crippen LogP contribution in [0.2, 0.25) is 0 Å². The molecule has 2 heteroatoms.